The summed E-state index contributed by atoms with van der Waals surface area (Å²) in [5.74, 6) is 0.518. The maximum atomic E-state index is 12.3. The van der Waals surface area contributed by atoms with Gasteiger partial charge in [0.25, 0.3) is 0 Å². The predicted octanol–water partition coefficient (Wildman–Crippen LogP) is 4.32. The lowest BCUT2D eigenvalue weighted by atomic mass is 9.86. The molecule has 1 saturated heterocycles. The van der Waals surface area contributed by atoms with Crippen LogP contribution in [0.5, 0.6) is 0 Å². The quantitative estimate of drug-likeness (QED) is 0.831. The van der Waals surface area contributed by atoms with Crippen molar-refractivity contribution in [2.24, 2.45) is 11.8 Å². The molecule has 1 amide bonds. The molecule has 0 spiro atoms. The minimum Gasteiger partial charge on any atom is -0.316 e. The first-order chi connectivity index (χ1) is 11.3. The van der Waals surface area contributed by atoms with E-state index in [0.717, 1.165) is 24.3 Å². The molecule has 6 heteroatoms. The van der Waals surface area contributed by atoms with Gasteiger partial charge in [-0.3, -0.25) is 4.79 Å². The molecule has 2 aromatic rings. The Bertz CT molecular complexity index is 717. The monoisotopic (exact) mass is 379 g/mol. The first kappa shape index (κ1) is 19.9. The highest BCUT2D eigenvalue weighted by Crippen LogP contribution is 2.29. The van der Waals surface area contributed by atoms with Crippen LogP contribution in [-0.4, -0.2) is 24.0 Å². The van der Waals surface area contributed by atoms with Gasteiger partial charge in [0.05, 0.1) is 5.69 Å². The van der Waals surface area contributed by atoms with Gasteiger partial charge in [-0.2, -0.15) is 0 Å². The topological polar surface area (TPSA) is 54.0 Å². The van der Waals surface area contributed by atoms with Crippen molar-refractivity contribution < 1.29 is 4.79 Å². The van der Waals surface area contributed by atoms with Crippen LogP contribution < -0.4 is 10.6 Å². The van der Waals surface area contributed by atoms with Crippen molar-refractivity contribution in [1.29, 1.82) is 0 Å². The van der Waals surface area contributed by atoms with E-state index < -0.39 is 0 Å². The van der Waals surface area contributed by atoms with Crippen LogP contribution in [0.1, 0.15) is 33.3 Å². The fraction of sp³-hybridized carbons (Fsp3) is 0.474. The average molecular weight is 380 g/mol. The maximum absolute atomic E-state index is 12.3. The smallest absolute Gasteiger partial charge is 0.229 e. The van der Waals surface area contributed by atoms with E-state index in [9.17, 15) is 4.79 Å². The van der Waals surface area contributed by atoms with Crippen molar-refractivity contribution in [3.8, 4) is 11.3 Å². The van der Waals surface area contributed by atoms with Crippen molar-refractivity contribution in [1.82, 2.24) is 10.3 Å². The minimum atomic E-state index is 0. The van der Waals surface area contributed by atoms with Gasteiger partial charge in [0.2, 0.25) is 5.91 Å². The number of benzene rings is 1. The van der Waals surface area contributed by atoms with Crippen LogP contribution in [0.3, 0.4) is 0 Å². The van der Waals surface area contributed by atoms with Crippen LogP contribution in [0.15, 0.2) is 29.6 Å². The van der Waals surface area contributed by atoms with Gasteiger partial charge in [0.15, 0.2) is 5.13 Å². The maximum Gasteiger partial charge on any atom is 0.229 e. The van der Waals surface area contributed by atoms with Gasteiger partial charge in [0, 0.05) is 16.9 Å². The van der Waals surface area contributed by atoms with Crippen LogP contribution in [0.2, 0.25) is 0 Å². The Labute approximate surface area is 159 Å². The molecule has 3 rings (SSSR count). The largest absolute Gasteiger partial charge is 0.316 e. The highest BCUT2D eigenvalue weighted by atomic mass is 35.5. The van der Waals surface area contributed by atoms with Crippen molar-refractivity contribution in [2.75, 3.05) is 18.4 Å². The van der Waals surface area contributed by atoms with Gasteiger partial charge in [-0.15, -0.1) is 23.7 Å². The van der Waals surface area contributed by atoms with Crippen molar-refractivity contribution in [3.05, 3.63) is 35.2 Å². The molecule has 1 aliphatic heterocycles. The lowest BCUT2D eigenvalue weighted by Gasteiger charge is -2.31. The SMILES string of the molecule is CC(C(=O)Nc1nc(-c2ccc(C(C)(C)C)cc2)cs1)C1CNC1.Cl. The lowest BCUT2D eigenvalue weighted by Crippen LogP contribution is -2.48. The molecule has 1 fully saturated rings. The van der Waals surface area contributed by atoms with E-state index in [2.05, 4.69) is 60.7 Å². The minimum absolute atomic E-state index is 0. The third kappa shape index (κ3) is 4.60. The van der Waals surface area contributed by atoms with E-state index in [0.29, 0.717) is 11.0 Å². The second-order valence-electron chi connectivity index (χ2n) is 7.56. The van der Waals surface area contributed by atoms with Crippen LogP contribution in [0.25, 0.3) is 11.3 Å². The summed E-state index contributed by atoms with van der Waals surface area (Å²) < 4.78 is 0. The molecule has 4 nitrogen and oxygen atoms in total. The van der Waals surface area contributed by atoms with Crippen LogP contribution in [0, 0.1) is 11.8 Å². The Hall–Kier alpha value is -1.43. The Kier molecular flexibility index (Phi) is 6.25. The summed E-state index contributed by atoms with van der Waals surface area (Å²) in [5, 5.41) is 8.84. The van der Waals surface area contributed by atoms with Gasteiger partial charge < -0.3 is 10.6 Å². The number of rotatable bonds is 4. The van der Waals surface area contributed by atoms with E-state index in [1.807, 2.05) is 12.3 Å². The number of halogens is 1. The molecule has 0 radical (unpaired) electrons. The summed E-state index contributed by atoms with van der Waals surface area (Å²) in [6.45, 7) is 10.5. The van der Waals surface area contributed by atoms with Gasteiger partial charge in [0.1, 0.15) is 0 Å². The fourth-order valence-electron chi connectivity index (χ4n) is 2.70. The number of thiazole rings is 1. The Balaban J connectivity index is 0.00000225. The highest BCUT2D eigenvalue weighted by molar-refractivity contribution is 7.14. The van der Waals surface area contributed by atoms with E-state index in [4.69, 9.17) is 0 Å². The molecule has 136 valence electrons. The lowest BCUT2D eigenvalue weighted by molar-refractivity contribution is -0.121. The molecule has 2 N–H and O–H groups in total. The molecule has 25 heavy (non-hydrogen) atoms. The first-order valence-corrected chi connectivity index (χ1v) is 9.30. The van der Waals surface area contributed by atoms with E-state index in [1.165, 1.54) is 16.9 Å². The van der Waals surface area contributed by atoms with Gasteiger partial charge in [-0.1, -0.05) is 52.0 Å². The summed E-state index contributed by atoms with van der Waals surface area (Å²) in [7, 11) is 0. The van der Waals surface area contributed by atoms with Crippen LogP contribution in [-0.2, 0) is 10.2 Å². The summed E-state index contributed by atoms with van der Waals surface area (Å²) in [4.78, 5) is 16.8. The number of nitrogens with one attached hydrogen (secondary N) is 2. The summed E-state index contributed by atoms with van der Waals surface area (Å²) in [6, 6.07) is 8.50. The summed E-state index contributed by atoms with van der Waals surface area (Å²) >= 11 is 1.48. The predicted molar refractivity (Wildman–Crippen MR) is 108 cm³/mol. The average Bonchev–Trinajstić information content (AvgIpc) is 2.93. The number of hydrogen-bond donors (Lipinski definition) is 2. The molecule has 1 aromatic carbocycles. The van der Waals surface area contributed by atoms with Crippen LogP contribution in [0.4, 0.5) is 5.13 Å². The zero-order chi connectivity index (χ0) is 17.3. The molecule has 1 atom stereocenters. The van der Waals surface area contributed by atoms with Crippen molar-refractivity contribution in [3.63, 3.8) is 0 Å². The third-order valence-corrected chi connectivity index (χ3v) is 5.47. The number of carbonyl (C=O) groups excluding carboxylic acids is 1. The van der Waals surface area contributed by atoms with Gasteiger partial charge in [-0.25, -0.2) is 4.98 Å². The zero-order valence-corrected chi connectivity index (χ0v) is 16.8. The number of carbonyl (C=O) groups is 1. The molecule has 1 aromatic heterocycles. The van der Waals surface area contributed by atoms with Crippen molar-refractivity contribution >= 4 is 34.8 Å². The van der Waals surface area contributed by atoms with E-state index in [1.54, 1.807) is 0 Å². The molecule has 1 unspecified atom stereocenters. The Morgan fingerprint density at radius 2 is 1.92 bits per heavy atom. The van der Waals surface area contributed by atoms with Crippen molar-refractivity contribution in [2.45, 2.75) is 33.1 Å². The van der Waals surface area contributed by atoms with Gasteiger partial charge >= 0.3 is 0 Å². The molecular weight excluding hydrogens is 354 g/mol. The summed E-state index contributed by atoms with van der Waals surface area (Å²) in [5.41, 5.74) is 3.44. The fourth-order valence-corrected chi connectivity index (χ4v) is 3.43. The van der Waals surface area contributed by atoms with E-state index >= 15 is 0 Å². The third-order valence-electron chi connectivity index (χ3n) is 4.71. The molecular formula is C19H26ClN3OS. The Morgan fingerprint density at radius 3 is 2.44 bits per heavy atom. The first-order valence-electron chi connectivity index (χ1n) is 8.42. The van der Waals surface area contributed by atoms with Crippen LogP contribution >= 0.6 is 23.7 Å². The second-order valence-corrected chi connectivity index (χ2v) is 8.42. The molecule has 1 aliphatic rings. The molecule has 0 aliphatic carbocycles. The number of nitrogens with zero attached hydrogens (tertiary/aromatic N) is 1. The molecule has 0 bridgehead atoms. The van der Waals surface area contributed by atoms with Gasteiger partial charge in [-0.05, 0) is 30.0 Å². The number of anilines is 1. The Morgan fingerprint density at radius 1 is 1.28 bits per heavy atom. The highest BCUT2D eigenvalue weighted by Gasteiger charge is 2.29. The second kappa shape index (κ2) is 7.85. The number of aromatic nitrogens is 1. The summed E-state index contributed by atoms with van der Waals surface area (Å²) in [6.07, 6.45) is 0. The normalized spacial score (nSPS) is 15.8. The number of hydrogen-bond acceptors (Lipinski definition) is 4. The standard InChI is InChI=1S/C19H25N3OS.ClH/c1-12(14-9-20-10-14)17(23)22-18-21-16(11-24-18)13-5-7-15(8-6-13)19(2,3)4;/h5-8,11-12,14,20H,9-10H2,1-4H3,(H,21,22,23);1H. The van der Waals surface area contributed by atoms with E-state index in [-0.39, 0.29) is 29.6 Å². The molecule has 0 saturated carbocycles. The molecule has 2 heterocycles. The number of amides is 1. The zero-order valence-electron chi connectivity index (χ0n) is 15.1.